The van der Waals surface area contributed by atoms with Crippen LogP contribution in [0.1, 0.15) is 32.6 Å². The lowest BCUT2D eigenvalue weighted by molar-refractivity contribution is 0.0762. The van der Waals surface area contributed by atoms with Gasteiger partial charge in [0.2, 0.25) is 0 Å². The SMILES string of the molecule is CC1CNCCN1C1CCCC(CN)C1. The van der Waals surface area contributed by atoms with Gasteiger partial charge in [-0.15, -0.1) is 0 Å². The van der Waals surface area contributed by atoms with Crippen molar-refractivity contribution in [1.82, 2.24) is 10.2 Å². The smallest absolute Gasteiger partial charge is 0.0195 e. The molecule has 2 rings (SSSR count). The Morgan fingerprint density at radius 3 is 3.00 bits per heavy atom. The molecule has 1 saturated heterocycles. The quantitative estimate of drug-likeness (QED) is 0.710. The number of nitrogens with zero attached hydrogens (tertiary/aromatic N) is 1. The highest BCUT2D eigenvalue weighted by atomic mass is 15.2. The molecule has 1 aliphatic heterocycles. The van der Waals surface area contributed by atoms with Crippen LogP contribution in [0.15, 0.2) is 0 Å². The molecule has 1 saturated carbocycles. The summed E-state index contributed by atoms with van der Waals surface area (Å²) in [5.41, 5.74) is 5.80. The lowest BCUT2D eigenvalue weighted by atomic mass is 9.84. The van der Waals surface area contributed by atoms with E-state index in [0.717, 1.165) is 31.6 Å². The van der Waals surface area contributed by atoms with Crippen LogP contribution in [0.3, 0.4) is 0 Å². The van der Waals surface area contributed by atoms with Gasteiger partial charge in [-0.05, 0) is 38.6 Å². The minimum absolute atomic E-state index is 0.709. The Kier molecular flexibility index (Phi) is 4.00. The lowest BCUT2D eigenvalue weighted by Crippen LogP contribution is -2.55. The van der Waals surface area contributed by atoms with E-state index in [-0.39, 0.29) is 0 Å². The van der Waals surface area contributed by atoms with Crippen LogP contribution in [0.25, 0.3) is 0 Å². The van der Waals surface area contributed by atoms with Gasteiger partial charge in [-0.2, -0.15) is 0 Å². The number of nitrogens with two attached hydrogens (primary N) is 1. The molecule has 1 aliphatic carbocycles. The van der Waals surface area contributed by atoms with Crippen LogP contribution >= 0.6 is 0 Å². The van der Waals surface area contributed by atoms with Crippen LogP contribution in [0, 0.1) is 5.92 Å². The van der Waals surface area contributed by atoms with Gasteiger partial charge in [0.1, 0.15) is 0 Å². The maximum absolute atomic E-state index is 5.80. The summed E-state index contributed by atoms with van der Waals surface area (Å²) in [6, 6.07) is 1.52. The first-order valence-electron chi connectivity index (χ1n) is 6.47. The topological polar surface area (TPSA) is 41.3 Å². The third-order valence-electron chi connectivity index (χ3n) is 4.11. The molecule has 2 fully saturated rings. The van der Waals surface area contributed by atoms with Crippen molar-refractivity contribution in [3.63, 3.8) is 0 Å². The van der Waals surface area contributed by atoms with E-state index in [1.165, 1.54) is 32.2 Å². The molecular weight excluding hydrogens is 186 g/mol. The second kappa shape index (κ2) is 5.28. The Morgan fingerprint density at radius 1 is 1.40 bits per heavy atom. The van der Waals surface area contributed by atoms with E-state index in [0.29, 0.717) is 6.04 Å². The zero-order chi connectivity index (χ0) is 10.7. The molecule has 1 heterocycles. The highest BCUT2D eigenvalue weighted by Crippen LogP contribution is 2.28. The summed E-state index contributed by atoms with van der Waals surface area (Å²) in [6.07, 6.45) is 5.46. The maximum Gasteiger partial charge on any atom is 0.0195 e. The van der Waals surface area contributed by atoms with Gasteiger partial charge in [0.25, 0.3) is 0 Å². The molecular formula is C12H25N3. The molecule has 0 amide bonds. The van der Waals surface area contributed by atoms with E-state index < -0.39 is 0 Å². The summed E-state index contributed by atoms with van der Waals surface area (Å²) in [6.45, 7) is 6.77. The number of hydrogen-bond acceptors (Lipinski definition) is 3. The molecule has 0 spiro atoms. The predicted molar refractivity (Wildman–Crippen MR) is 63.8 cm³/mol. The normalized spacial score (nSPS) is 39.2. The van der Waals surface area contributed by atoms with Crippen LogP contribution in [-0.2, 0) is 0 Å². The van der Waals surface area contributed by atoms with Crippen molar-refractivity contribution in [3.8, 4) is 0 Å². The lowest BCUT2D eigenvalue weighted by Gasteiger charge is -2.43. The van der Waals surface area contributed by atoms with Crippen LogP contribution in [-0.4, -0.2) is 43.2 Å². The van der Waals surface area contributed by atoms with Gasteiger partial charge in [0.15, 0.2) is 0 Å². The molecule has 3 heteroatoms. The summed E-state index contributed by atoms with van der Waals surface area (Å²) in [7, 11) is 0. The first-order chi connectivity index (χ1) is 7.31. The van der Waals surface area contributed by atoms with Crippen molar-refractivity contribution in [3.05, 3.63) is 0 Å². The Hall–Kier alpha value is -0.120. The summed E-state index contributed by atoms with van der Waals surface area (Å²) in [5.74, 6) is 0.783. The summed E-state index contributed by atoms with van der Waals surface area (Å²) in [5, 5.41) is 3.46. The van der Waals surface area contributed by atoms with Gasteiger partial charge in [-0.25, -0.2) is 0 Å². The predicted octanol–water partition coefficient (Wildman–Crippen LogP) is 0.798. The van der Waals surface area contributed by atoms with Gasteiger partial charge in [0, 0.05) is 31.7 Å². The van der Waals surface area contributed by atoms with E-state index in [9.17, 15) is 0 Å². The summed E-state index contributed by atoms with van der Waals surface area (Å²) >= 11 is 0. The average molecular weight is 211 g/mol. The first-order valence-corrected chi connectivity index (χ1v) is 6.47. The highest BCUT2D eigenvalue weighted by Gasteiger charge is 2.29. The Labute approximate surface area is 93.4 Å². The standard InChI is InChI=1S/C12H25N3/c1-10-9-14-5-6-15(10)12-4-2-3-11(7-12)8-13/h10-12,14H,2-9,13H2,1H3. The Bertz CT molecular complexity index is 195. The molecule has 3 atom stereocenters. The molecule has 0 bridgehead atoms. The van der Waals surface area contributed by atoms with E-state index >= 15 is 0 Å². The van der Waals surface area contributed by atoms with E-state index in [1.807, 2.05) is 0 Å². The van der Waals surface area contributed by atoms with Crippen molar-refractivity contribution >= 4 is 0 Å². The molecule has 3 N–H and O–H groups in total. The van der Waals surface area contributed by atoms with Gasteiger partial charge in [-0.3, -0.25) is 4.90 Å². The molecule has 0 aromatic heterocycles. The van der Waals surface area contributed by atoms with E-state index in [4.69, 9.17) is 5.73 Å². The zero-order valence-electron chi connectivity index (χ0n) is 9.91. The van der Waals surface area contributed by atoms with Crippen molar-refractivity contribution in [2.24, 2.45) is 11.7 Å². The fourth-order valence-corrected chi connectivity index (χ4v) is 3.18. The summed E-state index contributed by atoms with van der Waals surface area (Å²) < 4.78 is 0. The van der Waals surface area contributed by atoms with E-state index in [2.05, 4.69) is 17.1 Å². The molecule has 0 aromatic rings. The second-order valence-corrected chi connectivity index (χ2v) is 5.21. The highest BCUT2D eigenvalue weighted by molar-refractivity contribution is 4.86. The van der Waals surface area contributed by atoms with Crippen LogP contribution < -0.4 is 11.1 Å². The largest absolute Gasteiger partial charge is 0.330 e. The second-order valence-electron chi connectivity index (χ2n) is 5.21. The van der Waals surface area contributed by atoms with Crippen molar-refractivity contribution in [2.45, 2.75) is 44.7 Å². The van der Waals surface area contributed by atoms with Crippen molar-refractivity contribution in [2.75, 3.05) is 26.2 Å². The Balaban J connectivity index is 1.90. The van der Waals surface area contributed by atoms with E-state index in [1.54, 1.807) is 0 Å². The first kappa shape index (κ1) is 11.4. The minimum Gasteiger partial charge on any atom is -0.330 e. The van der Waals surface area contributed by atoms with Gasteiger partial charge < -0.3 is 11.1 Å². The number of rotatable bonds is 2. The van der Waals surface area contributed by atoms with Crippen LogP contribution in [0.5, 0.6) is 0 Å². The molecule has 3 unspecified atom stereocenters. The molecule has 15 heavy (non-hydrogen) atoms. The van der Waals surface area contributed by atoms with Crippen LogP contribution in [0.2, 0.25) is 0 Å². The fraction of sp³-hybridized carbons (Fsp3) is 1.00. The van der Waals surface area contributed by atoms with Gasteiger partial charge in [-0.1, -0.05) is 6.42 Å². The number of piperazine rings is 1. The summed E-state index contributed by atoms with van der Waals surface area (Å²) in [4.78, 5) is 2.71. The number of hydrogen-bond donors (Lipinski definition) is 2. The van der Waals surface area contributed by atoms with Crippen LogP contribution in [0.4, 0.5) is 0 Å². The Morgan fingerprint density at radius 2 is 2.27 bits per heavy atom. The monoisotopic (exact) mass is 211 g/mol. The zero-order valence-corrected chi connectivity index (χ0v) is 9.91. The minimum atomic E-state index is 0.709. The third-order valence-corrected chi connectivity index (χ3v) is 4.11. The van der Waals surface area contributed by atoms with Crippen molar-refractivity contribution < 1.29 is 0 Å². The molecule has 3 nitrogen and oxygen atoms in total. The molecule has 0 radical (unpaired) electrons. The average Bonchev–Trinajstić information content (AvgIpc) is 2.30. The molecule has 88 valence electrons. The fourth-order valence-electron chi connectivity index (χ4n) is 3.18. The number of nitrogens with one attached hydrogen (secondary N) is 1. The molecule has 0 aromatic carbocycles. The van der Waals surface area contributed by atoms with Crippen molar-refractivity contribution in [1.29, 1.82) is 0 Å². The van der Waals surface area contributed by atoms with Gasteiger partial charge >= 0.3 is 0 Å². The maximum atomic E-state index is 5.80. The third kappa shape index (κ3) is 2.71. The molecule has 2 aliphatic rings. The van der Waals surface area contributed by atoms with Gasteiger partial charge in [0.05, 0.1) is 0 Å².